The molecule has 1 saturated heterocycles. The van der Waals surface area contributed by atoms with E-state index in [0.717, 1.165) is 10.6 Å². The van der Waals surface area contributed by atoms with Crippen molar-refractivity contribution in [1.29, 1.82) is 0 Å². The number of hydrogen-bond acceptors (Lipinski definition) is 2. The molecule has 1 heterocycles. The summed E-state index contributed by atoms with van der Waals surface area (Å²) in [5, 5.41) is 10.9. The first-order valence-electron chi connectivity index (χ1n) is 11.2. The van der Waals surface area contributed by atoms with Gasteiger partial charge in [-0.15, -0.1) is 6.58 Å². The number of alkyl halides is 3. The number of likely N-dealkylation sites (tertiary alicyclic amines) is 1. The predicted octanol–water partition coefficient (Wildman–Crippen LogP) is 7.63. The van der Waals surface area contributed by atoms with Crippen LogP contribution in [0.4, 0.5) is 13.2 Å². The van der Waals surface area contributed by atoms with Crippen molar-refractivity contribution >= 4 is 29.1 Å². The molecule has 0 spiro atoms. The molecule has 0 aromatic heterocycles. The molecular formula is C26H30Cl2F3NO2. The maximum absolute atomic E-state index is 13.1. The minimum absolute atomic E-state index is 0.178. The van der Waals surface area contributed by atoms with Gasteiger partial charge in [0.1, 0.15) is 0 Å². The van der Waals surface area contributed by atoms with Gasteiger partial charge in [0, 0.05) is 28.4 Å². The highest BCUT2D eigenvalue weighted by molar-refractivity contribution is 6.30. The number of nitrogens with zero attached hydrogens (tertiary/aromatic N) is 1. The maximum Gasteiger partial charge on any atom is 0.414 e. The molecule has 0 saturated carbocycles. The summed E-state index contributed by atoms with van der Waals surface area (Å²) >= 11 is 11.5. The Morgan fingerprint density at radius 3 is 2.15 bits per heavy atom. The lowest BCUT2D eigenvalue weighted by atomic mass is 9.84. The first-order chi connectivity index (χ1) is 16.1. The average molecular weight is 516 g/mol. The van der Waals surface area contributed by atoms with Crippen LogP contribution in [0.15, 0.2) is 67.3 Å². The van der Waals surface area contributed by atoms with E-state index in [4.69, 9.17) is 23.2 Å². The van der Waals surface area contributed by atoms with E-state index in [1.807, 2.05) is 30.3 Å². The van der Waals surface area contributed by atoms with E-state index in [0.29, 0.717) is 30.7 Å². The third-order valence-electron chi connectivity index (χ3n) is 5.90. The maximum atomic E-state index is 13.1. The quantitative estimate of drug-likeness (QED) is 0.385. The minimum Gasteiger partial charge on any atom is -0.384 e. The lowest BCUT2D eigenvalue weighted by molar-refractivity contribution is -0.210. The zero-order valence-corrected chi connectivity index (χ0v) is 20.5. The van der Waals surface area contributed by atoms with Gasteiger partial charge < -0.3 is 10.0 Å². The van der Waals surface area contributed by atoms with Gasteiger partial charge in [0.2, 0.25) is 5.91 Å². The summed E-state index contributed by atoms with van der Waals surface area (Å²) in [4.78, 5) is 14.6. The van der Waals surface area contributed by atoms with E-state index < -0.39 is 24.7 Å². The minimum atomic E-state index is -4.71. The van der Waals surface area contributed by atoms with E-state index in [2.05, 4.69) is 6.58 Å². The van der Waals surface area contributed by atoms with Crippen LogP contribution in [-0.2, 0) is 4.79 Å². The number of piperidine rings is 1. The number of aliphatic hydroxyl groups excluding tert-OH is 1. The Kier molecular flexibility index (Phi) is 10.9. The van der Waals surface area contributed by atoms with Crippen molar-refractivity contribution in [3.63, 3.8) is 0 Å². The van der Waals surface area contributed by atoms with Crippen LogP contribution in [0.2, 0.25) is 10.0 Å². The summed E-state index contributed by atoms with van der Waals surface area (Å²) in [6, 6.07) is 15.4. The van der Waals surface area contributed by atoms with E-state index in [-0.39, 0.29) is 17.9 Å². The molecule has 34 heavy (non-hydrogen) atoms. The van der Waals surface area contributed by atoms with E-state index in [1.165, 1.54) is 0 Å². The van der Waals surface area contributed by atoms with Gasteiger partial charge in [-0.2, -0.15) is 13.2 Å². The normalized spacial score (nSPS) is 20.2. The summed E-state index contributed by atoms with van der Waals surface area (Å²) in [7, 11) is 0. The van der Waals surface area contributed by atoms with Crippen LogP contribution in [-0.4, -0.2) is 34.2 Å². The van der Waals surface area contributed by atoms with Gasteiger partial charge in [-0.25, -0.2) is 0 Å². The van der Waals surface area contributed by atoms with Crippen molar-refractivity contribution in [3.8, 4) is 0 Å². The number of hydrogen-bond donors (Lipinski definition) is 1. The smallest absolute Gasteiger partial charge is 0.384 e. The van der Waals surface area contributed by atoms with Gasteiger partial charge in [0.25, 0.3) is 0 Å². The molecule has 0 aliphatic carbocycles. The summed E-state index contributed by atoms with van der Waals surface area (Å²) in [6.07, 6.45) is -3.93. The fraction of sp³-hybridized carbons (Fsp3) is 0.423. The summed E-state index contributed by atoms with van der Waals surface area (Å²) in [5.41, 5.74) is 0.838. The molecule has 0 radical (unpaired) electrons. The summed E-state index contributed by atoms with van der Waals surface area (Å²) in [6.45, 7) is 5.41. The van der Waals surface area contributed by atoms with Crippen LogP contribution in [0.5, 0.6) is 0 Å². The molecule has 186 valence electrons. The molecule has 8 heteroatoms. The lowest BCUT2D eigenvalue weighted by Crippen LogP contribution is -2.50. The third-order valence-corrected chi connectivity index (χ3v) is 6.41. The molecule has 1 N–H and O–H groups in total. The SMILES string of the molecule is C=CCC1CCC(c2ccc(Cl)cc2)N(C(CC)CC(O)C(F)(F)F)C1=O.Clc1ccccc1. The number of benzene rings is 2. The van der Waals surface area contributed by atoms with Crippen molar-refractivity contribution in [2.75, 3.05) is 0 Å². The number of rotatable bonds is 7. The number of allylic oxidation sites excluding steroid dienone is 1. The summed E-state index contributed by atoms with van der Waals surface area (Å²) < 4.78 is 38.7. The van der Waals surface area contributed by atoms with Gasteiger partial charge in [-0.1, -0.05) is 66.5 Å². The monoisotopic (exact) mass is 515 g/mol. The molecule has 2 aromatic carbocycles. The van der Waals surface area contributed by atoms with Gasteiger partial charge >= 0.3 is 6.18 Å². The van der Waals surface area contributed by atoms with E-state index in [9.17, 15) is 23.1 Å². The topological polar surface area (TPSA) is 40.5 Å². The molecule has 0 bridgehead atoms. The second kappa shape index (κ2) is 13.2. The number of carbonyl (C=O) groups excluding carboxylic acids is 1. The zero-order valence-electron chi connectivity index (χ0n) is 19.0. The number of carbonyl (C=O) groups is 1. The Labute approximate surface area is 209 Å². The predicted molar refractivity (Wildman–Crippen MR) is 131 cm³/mol. The number of aliphatic hydroxyl groups is 1. The van der Waals surface area contributed by atoms with Crippen molar-refractivity contribution in [2.24, 2.45) is 5.92 Å². The molecule has 2 aromatic rings. The lowest BCUT2D eigenvalue weighted by Gasteiger charge is -2.44. The fourth-order valence-corrected chi connectivity index (χ4v) is 4.41. The van der Waals surface area contributed by atoms with Gasteiger partial charge in [0.15, 0.2) is 6.10 Å². The molecule has 3 nitrogen and oxygen atoms in total. The highest BCUT2D eigenvalue weighted by Gasteiger charge is 2.44. The fourth-order valence-electron chi connectivity index (χ4n) is 4.14. The van der Waals surface area contributed by atoms with Crippen molar-refractivity contribution < 1.29 is 23.1 Å². The zero-order chi connectivity index (χ0) is 25.3. The Hall–Kier alpha value is -2.02. The second-order valence-electron chi connectivity index (χ2n) is 8.26. The standard InChI is InChI=1S/C20H25ClF3NO2.C6H5Cl/c1-3-5-14-8-11-17(13-6-9-15(21)10-7-13)25(19(14)27)16(4-2)12-18(26)20(22,23)24;7-6-4-2-1-3-5-6/h3,6-7,9-10,14,16-18,26H,1,4-5,8,11-12H2,2H3;1-5H. The van der Waals surface area contributed by atoms with Crippen LogP contribution >= 0.6 is 23.2 Å². The average Bonchev–Trinajstić information content (AvgIpc) is 2.80. The van der Waals surface area contributed by atoms with Crippen LogP contribution in [0.25, 0.3) is 0 Å². The highest BCUT2D eigenvalue weighted by atomic mass is 35.5. The van der Waals surface area contributed by atoms with E-state index >= 15 is 0 Å². The Bertz CT molecular complexity index is 907. The Balaban J connectivity index is 0.000000497. The van der Waals surface area contributed by atoms with Gasteiger partial charge in [-0.3, -0.25) is 4.79 Å². The molecule has 1 aliphatic heterocycles. The first kappa shape index (κ1) is 28.2. The third kappa shape index (κ3) is 8.03. The van der Waals surface area contributed by atoms with Crippen LogP contribution < -0.4 is 0 Å². The number of halogens is 5. The van der Waals surface area contributed by atoms with Crippen LogP contribution in [0, 0.1) is 5.92 Å². The Morgan fingerprint density at radius 1 is 1.09 bits per heavy atom. The second-order valence-corrected chi connectivity index (χ2v) is 9.14. The molecule has 1 amide bonds. The molecule has 4 atom stereocenters. The largest absolute Gasteiger partial charge is 0.414 e. The highest BCUT2D eigenvalue weighted by Crippen LogP contribution is 2.39. The van der Waals surface area contributed by atoms with Crippen molar-refractivity contribution in [1.82, 2.24) is 4.90 Å². The summed E-state index contributed by atoms with van der Waals surface area (Å²) in [5.74, 6) is -0.467. The molecular weight excluding hydrogens is 486 g/mol. The van der Waals surface area contributed by atoms with Crippen LogP contribution in [0.3, 0.4) is 0 Å². The Morgan fingerprint density at radius 2 is 1.68 bits per heavy atom. The molecule has 3 rings (SSSR count). The first-order valence-corrected chi connectivity index (χ1v) is 12.0. The molecule has 1 aliphatic rings. The van der Waals surface area contributed by atoms with Crippen molar-refractivity contribution in [3.05, 3.63) is 82.9 Å². The molecule has 1 fully saturated rings. The number of amides is 1. The van der Waals surface area contributed by atoms with Gasteiger partial charge in [-0.05, 0) is 55.5 Å². The molecule has 4 unspecified atom stereocenters. The van der Waals surface area contributed by atoms with Crippen LogP contribution in [0.1, 0.15) is 50.6 Å². The van der Waals surface area contributed by atoms with Gasteiger partial charge in [0.05, 0.1) is 6.04 Å². The van der Waals surface area contributed by atoms with Crippen molar-refractivity contribution in [2.45, 2.75) is 63.4 Å². The van der Waals surface area contributed by atoms with E-state index in [1.54, 1.807) is 42.2 Å².